The van der Waals surface area contributed by atoms with Crippen LogP contribution in [0, 0.1) is 6.92 Å². The molecule has 3 aromatic rings. The lowest BCUT2D eigenvalue weighted by atomic mass is 10.00. The zero-order valence-corrected chi connectivity index (χ0v) is 24.9. The van der Waals surface area contributed by atoms with Crippen molar-refractivity contribution in [3.8, 4) is 16.9 Å². The van der Waals surface area contributed by atoms with E-state index in [9.17, 15) is 32.7 Å². The van der Waals surface area contributed by atoms with Crippen molar-refractivity contribution in [1.82, 2.24) is 0 Å². The summed E-state index contributed by atoms with van der Waals surface area (Å²) < 4.78 is 48.0. The molecule has 1 aromatic heterocycles. The number of aryl methyl sites for hydroxylation is 1. The fraction of sp³-hybridized carbons (Fsp3) is 0.310. The topological polar surface area (TPSA) is 167 Å². The molecule has 12 nitrogen and oxygen atoms in total. The van der Waals surface area contributed by atoms with E-state index in [1.165, 1.54) is 77.9 Å². The van der Waals surface area contributed by atoms with Gasteiger partial charge in [0.05, 0.1) is 12.0 Å². The number of carboxylic acids is 1. The lowest BCUT2D eigenvalue weighted by Gasteiger charge is -2.29. The average Bonchev–Trinajstić information content (AvgIpc) is 3.30. The minimum Gasteiger partial charge on any atom is -0.477 e. The predicted molar refractivity (Wildman–Crippen MR) is 150 cm³/mol. The summed E-state index contributed by atoms with van der Waals surface area (Å²) in [5.41, 5.74) is -3.19. The van der Waals surface area contributed by atoms with Gasteiger partial charge in [-0.15, -0.1) is 0 Å². The van der Waals surface area contributed by atoms with Crippen LogP contribution in [0.15, 0.2) is 58.0 Å². The van der Waals surface area contributed by atoms with Gasteiger partial charge in [-0.2, -0.15) is 13.3 Å². The maximum absolute atomic E-state index is 13.4. The minimum absolute atomic E-state index is 0.00533. The lowest BCUT2D eigenvalue weighted by Crippen LogP contribution is -2.44. The maximum Gasteiger partial charge on any atom is 0.424 e. The molecule has 0 bridgehead atoms. The van der Waals surface area contributed by atoms with Gasteiger partial charge in [0, 0.05) is 11.1 Å². The molecule has 2 aromatic carbocycles. The first-order valence-electron chi connectivity index (χ1n) is 12.5. The van der Waals surface area contributed by atoms with Crippen LogP contribution in [0.3, 0.4) is 0 Å². The largest absolute Gasteiger partial charge is 0.477 e. The minimum atomic E-state index is -4.69. The number of hydrogen-bond donors (Lipinski definition) is 1. The summed E-state index contributed by atoms with van der Waals surface area (Å²) in [6, 6.07) is 9.10. The number of carbonyl (C=O) groups is 4. The Morgan fingerprint density at radius 1 is 0.857 bits per heavy atom. The standard InChI is InChI=1S/C29H31NO11S/c1-17-8-10-18(11-9-17)42(36,37)41-24-20(19-14-15-38-22(19)16-31)12-13-21(23(24)25(32)33)30(26(34)39-28(2,3)4)27(35)40-29(5,6)7/h8-16H,1-7H3,(H,32,33). The number of benzene rings is 2. The van der Waals surface area contributed by atoms with E-state index in [0.29, 0.717) is 11.2 Å². The molecule has 0 saturated heterocycles. The third kappa shape index (κ3) is 7.35. The molecule has 0 aliphatic rings. The molecule has 1 N–H and O–H groups in total. The van der Waals surface area contributed by atoms with Gasteiger partial charge < -0.3 is 23.2 Å². The van der Waals surface area contributed by atoms with Crippen molar-refractivity contribution in [3.63, 3.8) is 0 Å². The van der Waals surface area contributed by atoms with Crippen molar-refractivity contribution in [2.24, 2.45) is 0 Å². The second kappa shape index (κ2) is 11.7. The monoisotopic (exact) mass is 601 g/mol. The number of carbonyl (C=O) groups excluding carboxylic acids is 3. The summed E-state index contributed by atoms with van der Waals surface area (Å²) >= 11 is 0. The van der Waals surface area contributed by atoms with Crippen LogP contribution in [-0.2, 0) is 19.6 Å². The van der Waals surface area contributed by atoms with Gasteiger partial charge in [-0.25, -0.2) is 14.4 Å². The third-order valence-electron chi connectivity index (χ3n) is 5.34. The molecule has 224 valence electrons. The van der Waals surface area contributed by atoms with E-state index in [1.54, 1.807) is 6.92 Å². The molecule has 0 saturated carbocycles. The fourth-order valence-electron chi connectivity index (χ4n) is 3.65. The molecular weight excluding hydrogens is 570 g/mol. The molecule has 0 spiro atoms. The van der Waals surface area contributed by atoms with Gasteiger partial charge in [0.2, 0.25) is 0 Å². The number of ether oxygens (including phenoxy) is 2. The molecule has 3 rings (SSSR count). The van der Waals surface area contributed by atoms with E-state index in [-0.39, 0.29) is 21.8 Å². The van der Waals surface area contributed by atoms with Crippen molar-refractivity contribution in [2.75, 3.05) is 4.90 Å². The molecule has 0 aliphatic heterocycles. The highest BCUT2D eigenvalue weighted by Gasteiger charge is 2.38. The number of furan rings is 1. The fourth-order valence-corrected chi connectivity index (χ4v) is 4.61. The van der Waals surface area contributed by atoms with E-state index in [2.05, 4.69) is 0 Å². The van der Waals surface area contributed by atoms with E-state index in [4.69, 9.17) is 18.1 Å². The van der Waals surface area contributed by atoms with Gasteiger partial charge in [0.1, 0.15) is 21.7 Å². The van der Waals surface area contributed by atoms with E-state index in [0.717, 1.165) is 17.9 Å². The van der Waals surface area contributed by atoms with E-state index in [1.807, 2.05) is 0 Å². The Balaban J connectivity index is 2.38. The number of rotatable bonds is 7. The first-order valence-corrected chi connectivity index (χ1v) is 14.0. The van der Waals surface area contributed by atoms with Crippen LogP contribution in [0.5, 0.6) is 5.75 Å². The Hall–Kier alpha value is -4.65. The number of carboxylic acid groups (broad SMARTS) is 1. The Kier molecular flexibility index (Phi) is 8.87. The number of nitrogens with zero attached hydrogens (tertiary/aromatic N) is 1. The molecule has 2 amide bonds. The highest BCUT2D eigenvalue weighted by Crippen LogP contribution is 2.42. The van der Waals surface area contributed by atoms with Crippen LogP contribution in [0.25, 0.3) is 11.1 Å². The van der Waals surface area contributed by atoms with Gasteiger partial charge in [0.15, 0.2) is 17.8 Å². The summed E-state index contributed by atoms with van der Waals surface area (Å²) in [7, 11) is -4.69. The Bertz CT molecular complexity index is 1600. The van der Waals surface area contributed by atoms with Gasteiger partial charge in [-0.1, -0.05) is 17.7 Å². The van der Waals surface area contributed by atoms with Crippen LogP contribution in [0.1, 0.15) is 68.0 Å². The second-order valence-electron chi connectivity index (χ2n) is 11.1. The summed E-state index contributed by atoms with van der Waals surface area (Å²) in [5.74, 6) is -2.82. The normalized spacial score (nSPS) is 11.9. The Labute approximate surface area is 242 Å². The molecule has 0 fully saturated rings. The average molecular weight is 602 g/mol. The van der Waals surface area contributed by atoms with Gasteiger partial charge in [-0.3, -0.25) is 4.79 Å². The Morgan fingerprint density at radius 2 is 1.40 bits per heavy atom. The summed E-state index contributed by atoms with van der Waals surface area (Å²) in [6.07, 6.45) is -1.11. The molecule has 0 aliphatic carbocycles. The lowest BCUT2D eigenvalue weighted by molar-refractivity contribution is 0.0430. The van der Waals surface area contributed by atoms with Crippen LogP contribution in [0.4, 0.5) is 15.3 Å². The molecule has 0 radical (unpaired) electrons. The zero-order valence-electron chi connectivity index (χ0n) is 24.1. The van der Waals surface area contributed by atoms with Crippen LogP contribution in [0.2, 0.25) is 0 Å². The highest BCUT2D eigenvalue weighted by atomic mass is 32.2. The van der Waals surface area contributed by atoms with Crippen molar-refractivity contribution in [1.29, 1.82) is 0 Å². The van der Waals surface area contributed by atoms with Crippen LogP contribution >= 0.6 is 0 Å². The first-order chi connectivity index (χ1) is 19.3. The number of amides is 2. The van der Waals surface area contributed by atoms with Crippen LogP contribution < -0.4 is 9.08 Å². The van der Waals surface area contributed by atoms with Crippen LogP contribution in [-0.4, -0.2) is 49.2 Å². The van der Waals surface area contributed by atoms with Crippen molar-refractivity contribution >= 4 is 40.2 Å². The zero-order chi connectivity index (χ0) is 31.6. The van der Waals surface area contributed by atoms with E-state index >= 15 is 0 Å². The second-order valence-corrected chi connectivity index (χ2v) is 12.7. The van der Waals surface area contributed by atoms with Crippen molar-refractivity contribution < 1.29 is 50.8 Å². The Morgan fingerprint density at radius 3 is 1.88 bits per heavy atom. The molecule has 42 heavy (non-hydrogen) atoms. The summed E-state index contributed by atoms with van der Waals surface area (Å²) in [4.78, 5) is 51.1. The summed E-state index contributed by atoms with van der Waals surface area (Å²) in [6.45, 7) is 10.9. The van der Waals surface area contributed by atoms with Gasteiger partial charge in [-0.05, 0) is 78.8 Å². The number of imide groups is 1. The molecule has 0 atom stereocenters. The smallest absolute Gasteiger partial charge is 0.424 e. The third-order valence-corrected chi connectivity index (χ3v) is 6.57. The molecule has 13 heteroatoms. The van der Waals surface area contributed by atoms with Gasteiger partial charge >= 0.3 is 28.3 Å². The molecule has 0 unspecified atom stereocenters. The highest BCUT2D eigenvalue weighted by molar-refractivity contribution is 7.87. The van der Waals surface area contributed by atoms with E-state index < -0.39 is 56.5 Å². The number of hydrogen-bond acceptors (Lipinski definition) is 10. The van der Waals surface area contributed by atoms with Crippen molar-refractivity contribution in [3.05, 3.63) is 65.6 Å². The van der Waals surface area contributed by atoms with Gasteiger partial charge in [0.25, 0.3) is 0 Å². The molecular formula is C29H31NO11S. The summed E-state index contributed by atoms with van der Waals surface area (Å²) in [5, 5.41) is 10.4. The maximum atomic E-state index is 13.4. The first kappa shape index (κ1) is 31.9. The quantitative estimate of drug-likeness (QED) is 0.241. The SMILES string of the molecule is Cc1ccc(S(=O)(=O)Oc2c(-c3ccoc3C=O)ccc(N(C(=O)OC(C)(C)C)C(=O)OC(C)(C)C)c2C(=O)O)cc1. The molecule has 1 heterocycles. The van der Waals surface area contributed by atoms with Crippen molar-refractivity contribution in [2.45, 2.75) is 64.6 Å². The number of aldehydes is 1. The predicted octanol–water partition coefficient (Wildman–Crippen LogP) is 6.21. The number of anilines is 1. The number of aromatic carboxylic acids is 1.